The molecule has 1 aliphatic rings. The first-order valence-corrected chi connectivity index (χ1v) is 6.78. The predicted octanol–water partition coefficient (Wildman–Crippen LogP) is 1.45. The van der Waals surface area contributed by atoms with Gasteiger partial charge in [-0.25, -0.2) is 0 Å². The van der Waals surface area contributed by atoms with Crippen molar-refractivity contribution in [2.24, 2.45) is 0 Å². The van der Waals surface area contributed by atoms with Gasteiger partial charge in [-0.05, 0) is 19.8 Å². The van der Waals surface area contributed by atoms with Gasteiger partial charge in [0.25, 0.3) is 0 Å². The summed E-state index contributed by atoms with van der Waals surface area (Å²) in [5, 5.41) is 6.38. The summed E-state index contributed by atoms with van der Waals surface area (Å²) >= 11 is 0. The molecule has 0 aromatic carbocycles. The summed E-state index contributed by atoms with van der Waals surface area (Å²) in [4.78, 5) is 11.4. The largest absolute Gasteiger partial charge is 0.372 e. The Labute approximate surface area is 104 Å². The number of carbonyl (C=O) groups excluding carboxylic acids is 1. The Balaban J connectivity index is 2.04. The molecular formula is C13H26N2O2. The van der Waals surface area contributed by atoms with E-state index < -0.39 is 0 Å². The van der Waals surface area contributed by atoms with E-state index in [1.807, 2.05) is 0 Å². The maximum absolute atomic E-state index is 11.4. The standard InChI is InChI=1S/C13H26N2O2/c1-11(17-2)13(16)15-10-9-14-12-7-5-3-4-6-8-12/h11-12,14H,3-10H2,1-2H3,(H,15,16). The average Bonchev–Trinajstić information content (AvgIpc) is 2.61. The predicted molar refractivity (Wildman–Crippen MR) is 69.0 cm³/mol. The molecule has 1 amide bonds. The van der Waals surface area contributed by atoms with E-state index in [1.54, 1.807) is 14.0 Å². The van der Waals surface area contributed by atoms with Crippen LogP contribution >= 0.6 is 0 Å². The van der Waals surface area contributed by atoms with E-state index in [1.165, 1.54) is 38.5 Å². The van der Waals surface area contributed by atoms with Crippen molar-refractivity contribution in [1.29, 1.82) is 0 Å². The molecule has 100 valence electrons. The highest BCUT2D eigenvalue weighted by Crippen LogP contribution is 2.16. The third-order valence-corrected chi connectivity index (χ3v) is 3.44. The monoisotopic (exact) mass is 242 g/mol. The van der Waals surface area contributed by atoms with Crippen LogP contribution in [0.4, 0.5) is 0 Å². The van der Waals surface area contributed by atoms with Crippen molar-refractivity contribution >= 4 is 5.91 Å². The maximum atomic E-state index is 11.4. The van der Waals surface area contributed by atoms with Crippen molar-refractivity contribution in [1.82, 2.24) is 10.6 Å². The van der Waals surface area contributed by atoms with Gasteiger partial charge in [0, 0.05) is 26.2 Å². The van der Waals surface area contributed by atoms with E-state index in [-0.39, 0.29) is 12.0 Å². The minimum atomic E-state index is -0.354. The van der Waals surface area contributed by atoms with Crippen LogP contribution in [0.2, 0.25) is 0 Å². The van der Waals surface area contributed by atoms with Gasteiger partial charge in [-0.1, -0.05) is 25.7 Å². The molecule has 0 bridgehead atoms. The molecule has 1 atom stereocenters. The second-order valence-corrected chi connectivity index (χ2v) is 4.81. The molecule has 1 rings (SSSR count). The Bertz CT molecular complexity index is 213. The highest BCUT2D eigenvalue weighted by Gasteiger charge is 2.12. The quantitative estimate of drug-likeness (QED) is 0.547. The van der Waals surface area contributed by atoms with Gasteiger partial charge < -0.3 is 15.4 Å². The Morgan fingerprint density at radius 2 is 1.88 bits per heavy atom. The topological polar surface area (TPSA) is 50.4 Å². The van der Waals surface area contributed by atoms with Crippen LogP contribution in [0, 0.1) is 0 Å². The summed E-state index contributed by atoms with van der Waals surface area (Å²) in [6, 6.07) is 0.647. The zero-order chi connectivity index (χ0) is 12.5. The van der Waals surface area contributed by atoms with Gasteiger partial charge >= 0.3 is 0 Å². The summed E-state index contributed by atoms with van der Waals surface area (Å²) in [5.41, 5.74) is 0. The molecule has 0 aromatic rings. The maximum Gasteiger partial charge on any atom is 0.248 e. The number of hydrogen-bond acceptors (Lipinski definition) is 3. The first-order valence-electron chi connectivity index (χ1n) is 6.78. The minimum absolute atomic E-state index is 0.0323. The molecule has 4 heteroatoms. The first-order chi connectivity index (χ1) is 8.24. The van der Waals surface area contributed by atoms with Crippen molar-refractivity contribution in [2.75, 3.05) is 20.2 Å². The number of hydrogen-bond donors (Lipinski definition) is 2. The normalized spacial score (nSPS) is 19.6. The number of methoxy groups -OCH3 is 1. The zero-order valence-electron chi connectivity index (χ0n) is 11.1. The highest BCUT2D eigenvalue weighted by molar-refractivity contribution is 5.80. The molecule has 17 heavy (non-hydrogen) atoms. The number of nitrogens with one attached hydrogen (secondary N) is 2. The van der Waals surface area contributed by atoms with E-state index >= 15 is 0 Å². The summed E-state index contributed by atoms with van der Waals surface area (Å²) in [6.45, 7) is 3.30. The van der Waals surface area contributed by atoms with Gasteiger partial charge in [-0.2, -0.15) is 0 Å². The van der Waals surface area contributed by atoms with E-state index in [4.69, 9.17) is 4.74 Å². The van der Waals surface area contributed by atoms with Crippen molar-refractivity contribution in [3.8, 4) is 0 Å². The number of rotatable bonds is 6. The van der Waals surface area contributed by atoms with Gasteiger partial charge in [0.1, 0.15) is 6.10 Å². The Hall–Kier alpha value is -0.610. The van der Waals surface area contributed by atoms with Gasteiger partial charge in [0.15, 0.2) is 0 Å². The van der Waals surface area contributed by atoms with Gasteiger partial charge in [0.2, 0.25) is 5.91 Å². The van der Waals surface area contributed by atoms with Crippen LogP contribution in [-0.4, -0.2) is 38.3 Å². The smallest absolute Gasteiger partial charge is 0.248 e. The van der Waals surface area contributed by atoms with E-state index in [0.29, 0.717) is 12.6 Å². The zero-order valence-corrected chi connectivity index (χ0v) is 11.1. The van der Waals surface area contributed by atoms with E-state index in [9.17, 15) is 4.79 Å². The van der Waals surface area contributed by atoms with Crippen LogP contribution in [0.3, 0.4) is 0 Å². The lowest BCUT2D eigenvalue weighted by Crippen LogP contribution is -2.40. The molecule has 0 aliphatic heterocycles. The molecule has 2 N–H and O–H groups in total. The highest BCUT2D eigenvalue weighted by atomic mass is 16.5. The summed E-state index contributed by atoms with van der Waals surface area (Å²) < 4.78 is 4.94. The van der Waals surface area contributed by atoms with Crippen molar-refractivity contribution in [3.05, 3.63) is 0 Å². The number of carbonyl (C=O) groups is 1. The minimum Gasteiger partial charge on any atom is -0.372 e. The molecule has 1 fully saturated rings. The molecule has 0 heterocycles. The lowest BCUT2D eigenvalue weighted by molar-refractivity contribution is -0.129. The molecule has 0 radical (unpaired) electrons. The van der Waals surface area contributed by atoms with Gasteiger partial charge in [-0.3, -0.25) is 4.79 Å². The molecule has 1 unspecified atom stereocenters. The molecular weight excluding hydrogens is 216 g/mol. The average molecular weight is 242 g/mol. The second-order valence-electron chi connectivity index (χ2n) is 4.81. The SMILES string of the molecule is COC(C)C(=O)NCCNC1CCCCCC1. The van der Waals surface area contributed by atoms with Crippen LogP contribution in [-0.2, 0) is 9.53 Å². The Morgan fingerprint density at radius 1 is 1.24 bits per heavy atom. The molecule has 0 aromatic heterocycles. The van der Waals surface area contributed by atoms with E-state index in [2.05, 4.69) is 10.6 Å². The third-order valence-electron chi connectivity index (χ3n) is 3.44. The van der Waals surface area contributed by atoms with Crippen LogP contribution in [0.1, 0.15) is 45.4 Å². The number of ether oxygens (including phenoxy) is 1. The van der Waals surface area contributed by atoms with Crippen LogP contribution < -0.4 is 10.6 Å². The fourth-order valence-electron chi connectivity index (χ4n) is 2.20. The molecule has 0 saturated heterocycles. The Kier molecular flexibility index (Phi) is 7.21. The number of amides is 1. The van der Waals surface area contributed by atoms with Crippen molar-refractivity contribution in [2.45, 2.75) is 57.6 Å². The first kappa shape index (κ1) is 14.5. The van der Waals surface area contributed by atoms with Crippen LogP contribution in [0.15, 0.2) is 0 Å². The third kappa shape index (κ3) is 6.03. The summed E-state index contributed by atoms with van der Waals surface area (Å²) in [7, 11) is 1.55. The Morgan fingerprint density at radius 3 is 2.47 bits per heavy atom. The molecule has 0 spiro atoms. The second kappa shape index (κ2) is 8.48. The van der Waals surface area contributed by atoms with Crippen LogP contribution in [0.25, 0.3) is 0 Å². The van der Waals surface area contributed by atoms with E-state index in [0.717, 1.165) is 6.54 Å². The molecule has 4 nitrogen and oxygen atoms in total. The van der Waals surface area contributed by atoms with Crippen LogP contribution in [0.5, 0.6) is 0 Å². The van der Waals surface area contributed by atoms with Gasteiger partial charge in [0.05, 0.1) is 0 Å². The van der Waals surface area contributed by atoms with Crippen molar-refractivity contribution < 1.29 is 9.53 Å². The summed E-state index contributed by atoms with van der Waals surface area (Å²) in [5.74, 6) is -0.0323. The lowest BCUT2D eigenvalue weighted by Gasteiger charge is -2.17. The lowest BCUT2D eigenvalue weighted by atomic mass is 10.1. The van der Waals surface area contributed by atoms with Crippen molar-refractivity contribution in [3.63, 3.8) is 0 Å². The molecule has 1 saturated carbocycles. The fourth-order valence-corrected chi connectivity index (χ4v) is 2.20. The molecule has 1 aliphatic carbocycles. The summed E-state index contributed by atoms with van der Waals surface area (Å²) in [6.07, 6.45) is 7.63. The fraction of sp³-hybridized carbons (Fsp3) is 0.923. The van der Waals surface area contributed by atoms with Gasteiger partial charge in [-0.15, -0.1) is 0 Å².